The molecule has 0 radical (unpaired) electrons. The van der Waals surface area contributed by atoms with E-state index in [9.17, 15) is 19.5 Å². The van der Waals surface area contributed by atoms with Crippen LogP contribution in [0, 0.1) is 5.92 Å². The second-order valence-electron chi connectivity index (χ2n) is 7.21. The average Bonchev–Trinajstić information content (AvgIpc) is 3.18. The monoisotopic (exact) mass is 401 g/mol. The molecule has 9 nitrogen and oxygen atoms in total. The molecule has 0 aliphatic rings. The first-order chi connectivity index (χ1) is 13.8. The van der Waals surface area contributed by atoms with Gasteiger partial charge in [0.2, 0.25) is 11.8 Å². The van der Waals surface area contributed by atoms with Crippen molar-refractivity contribution in [3.05, 3.63) is 54.1 Å². The van der Waals surface area contributed by atoms with Gasteiger partial charge < -0.3 is 26.5 Å². The molecule has 3 atom stereocenters. The van der Waals surface area contributed by atoms with Gasteiger partial charge in [-0.1, -0.05) is 44.2 Å². The molecule has 2 amide bonds. The van der Waals surface area contributed by atoms with E-state index in [-0.39, 0.29) is 18.8 Å². The molecule has 1 aromatic heterocycles. The highest BCUT2D eigenvalue weighted by Crippen LogP contribution is 2.07. The van der Waals surface area contributed by atoms with E-state index in [1.807, 2.05) is 30.3 Å². The molecule has 0 aliphatic carbocycles. The summed E-state index contributed by atoms with van der Waals surface area (Å²) in [6.07, 6.45) is 3.50. The van der Waals surface area contributed by atoms with Crippen LogP contribution in [-0.4, -0.2) is 51.0 Å². The Hall–Kier alpha value is -3.20. The van der Waals surface area contributed by atoms with E-state index in [1.165, 1.54) is 6.33 Å². The van der Waals surface area contributed by atoms with Gasteiger partial charge in [-0.3, -0.25) is 9.59 Å². The minimum absolute atomic E-state index is 0.208. The summed E-state index contributed by atoms with van der Waals surface area (Å²) in [6, 6.07) is 6.24. The normalized spacial score (nSPS) is 14.1. The number of aromatic amines is 1. The SMILES string of the molecule is CC(C)C(NC(=O)C(Cc1ccccc1)NC(=O)C(N)Cc1cnc[nH]1)C(=O)O. The van der Waals surface area contributed by atoms with Gasteiger partial charge in [0.25, 0.3) is 0 Å². The van der Waals surface area contributed by atoms with Crippen LogP contribution in [0.25, 0.3) is 0 Å². The van der Waals surface area contributed by atoms with E-state index in [2.05, 4.69) is 20.6 Å². The van der Waals surface area contributed by atoms with Gasteiger partial charge in [0, 0.05) is 24.7 Å². The Kier molecular flexibility index (Phi) is 7.90. The van der Waals surface area contributed by atoms with Crippen molar-refractivity contribution in [2.75, 3.05) is 0 Å². The van der Waals surface area contributed by atoms with E-state index < -0.39 is 35.9 Å². The predicted octanol–water partition coefficient (Wildman–Crippen LogP) is 0.232. The summed E-state index contributed by atoms with van der Waals surface area (Å²) in [5.74, 6) is -2.52. The fourth-order valence-corrected chi connectivity index (χ4v) is 2.83. The largest absolute Gasteiger partial charge is 0.480 e. The van der Waals surface area contributed by atoms with Crippen LogP contribution in [0.3, 0.4) is 0 Å². The molecule has 6 N–H and O–H groups in total. The van der Waals surface area contributed by atoms with Crippen molar-refractivity contribution in [1.29, 1.82) is 0 Å². The molecule has 2 rings (SSSR count). The maximum atomic E-state index is 12.8. The number of hydrogen-bond donors (Lipinski definition) is 5. The number of hydrogen-bond acceptors (Lipinski definition) is 5. The minimum atomic E-state index is -1.13. The number of imidazole rings is 1. The van der Waals surface area contributed by atoms with Crippen molar-refractivity contribution in [1.82, 2.24) is 20.6 Å². The lowest BCUT2D eigenvalue weighted by Crippen LogP contribution is -2.56. The third-order valence-electron chi connectivity index (χ3n) is 4.48. The van der Waals surface area contributed by atoms with Gasteiger partial charge in [-0.05, 0) is 11.5 Å². The lowest BCUT2D eigenvalue weighted by atomic mass is 10.0. The number of amides is 2. The van der Waals surface area contributed by atoms with Crippen LogP contribution < -0.4 is 16.4 Å². The minimum Gasteiger partial charge on any atom is -0.480 e. The standard InChI is InChI=1S/C20H27N5O4/c1-12(2)17(20(28)29)25-19(27)16(8-13-6-4-3-5-7-13)24-18(26)15(21)9-14-10-22-11-23-14/h3-7,10-12,15-17H,8-9,21H2,1-2H3,(H,22,23)(H,24,26)(H,25,27)(H,28,29). The van der Waals surface area contributed by atoms with Crippen molar-refractivity contribution >= 4 is 17.8 Å². The van der Waals surface area contributed by atoms with Crippen LogP contribution in [-0.2, 0) is 27.2 Å². The number of nitrogens with two attached hydrogens (primary N) is 1. The Balaban J connectivity index is 2.12. The summed E-state index contributed by atoms with van der Waals surface area (Å²) in [5, 5.41) is 14.5. The fraction of sp³-hybridized carbons (Fsp3) is 0.400. The molecule has 9 heteroatoms. The molecule has 0 aliphatic heterocycles. The first-order valence-electron chi connectivity index (χ1n) is 9.38. The maximum absolute atomic E-state index is 12.8. The number of carbonyl (C=O) groups is 3. The van der Waals surface area contributed by atoms with Crippen molar-refractivity contribution in [3.8, 4) is 0 Å². The molecule has 2 aromatic rings. The number of carboxylic acid groups (broad SMARTS) is 1. The summed E-state index contributed by atoms with van der Waals surface area (Å²) in [5.41, 5.74) is 7.48. The summed E-state index contributed by atoms with van der Waals surface area (Å²) in [6.45, 7) is 3.40. The van der Waals surface area contributed by atoms with Gasteiger partial charge in [-0.2, -0.15) is 0 Å². The Morgan fingerprint density at radius 3 is 2.34 bits per heavy atom. The molecular formula is C20H27N5O4. The topological polar surface area (TPSA) is 150 Å². The lowest BCUT2D eigenvalue weighted by molar-refractivity contribution is -0.143. The van der Waals surface area contributed by atoms with Crippen LogP contribution in [0.4, 0.5) is 0 Å². The third-order valence-corrected chi connectivity index (χ3v) is 4.48. The van der Waals surface area contributed by atoms with Crippen molar-refractivity contribution in [2.24, 2.45) is 11.7 Å². The number of aliphatic carboxylic acids is 1. The van der Waals surface area contributed by atoms with E-state index in [4.69, 9.17) is 5.73 Å². The average molecular weight is 401 g/mol. The molecule has 0 spiro atoms. The van der Waals surface area contributed by atoms with Crippen molar-refractivity contribution in [2.45, 2.75) is 44.8 Å². The molecule has 156 valence electrons. The number of carboxylic acids is 1. The van der Waals surface area contributed by atoms with Gasteiger partial charge in [0.05, 0.1) is 12.4 Å². The first kappa shape index (κ1) is 22.1. The Bertz CT molecular complexity index is 808. The van der Waals surface area contributed by atoms with Gasteiger partial charge >= 0.3 is 5.97 Å². The second kappa shape index (κ2) is 10.4. The van der Waals surface area contributed by atoms with Gasteiger partial charge in [-0.15, -0.1) is 0 Å². The number of benzene rings is 1. The smallest absolute Gasteiger partial charge is 0.326 e. The molecule has 29 heavy (non-hydrogen) atoms. The highest BCUT2D eigenvalue weighted by atomic mass is 16.4. The Morgan fingerprint density at radius 2 is 1.79 bits per heavy atom. The number of nitrogens with one attached hydrogen (secondary N) is 3. The highest BCUT2D eigenvalue weighted by Gasteiger charge is 2.29. The second-order valence-corrected chi connectivity index (χ2v) is 7.21. The highest BCUT2D eigenvalue weighted by molar-refractivity contribution is 5.92. The van der Waals surface area contributed by atoms with Crippen LogP contribution in [0.15, 0.2) is 42.9 Å². The van der Waals surface area contributed by atoms with E-state index in [1.54, 1.807) is 20.0 Å². The third kappa shape index (κ3) is 6.72. The summed E-state index contributed by atoms with van der Waals surface area (Å²) in [7, 11) is 0. The zero-order valence-electron chi connectivity index (χ0n) is 16.5. The first-order valence-corrected chi connectivity index (χ1v) is 9.38. The number of carbonyl (C=O) groups excluding carboxylic acids is 2. The van der Waals surface area contributed by atoms with Crippen molar-refractivity contribution < 1.29 is 19.5 Å². The fourth-order valence-electron chi connectivity index (χ4n) is 2.83. The zero-order chi connectivity index (χ0) is 21.4. The van der Waals surface area contributed by atoms with E-state index in [0.717, 1.165) is 5.56 Å². The summed E-state index contributed by atoms with van der Waals surface area (Å²) < 4.78 is 0. The van der Waals surface area contributed by atoms with Crippen molar-refractivity contribution in [3.63, 3.8) is 0 Å². The zero-order valence-corrected chi connectivity index (χ0v) is 16.5. The Labute approximate surface area is 169 Å². The predicted molar refractivity (Wildman–Crippen MR) is 107 cm³/mol. The molecular weight excluding hydrogens is 374 g/mol. The number of H-pyrrole nitrogens is 1. The molecule has 1 aromatic carbocycles. The van der Waals surface area contributed by atoms with Gasteiger partial charge in [0.1, 0.15) is 12.1 Å². The van der Waals surface area contributed by atoms with Crippen LogP contribution >= 0.6 is 0 Å². The van der Waals surface area contributed by atoms with Crippen LogP contribution in [0.2, 0.25) is 0 Å². The lowest BCUT2D eigenvalue weighted by Gasteiger charge is -2.24. The molecule has 0 saturated heterocycles. The maximum Gasteiger partial charge on any atom is 0.326 e. The molecule has 1 heterocycles. The van der Waals surface area contributed by atoms with E-state index >= 15 is 0 Å². The number of nitrogens with zero attached hydrogens (tertiary/aromatic N) is 1. The van der Waals surface area contributed by atoms with Crippen LogP contribution in [0.1, 0.15) is 25.1 Å². The molecule has 3 unspecified atom stereocenters. The summed E-state index contributed by atoms with van der Waals surface area (Å²) >= 11 is 0. The molecule has 0 bridgehead atoms. The van der Waals surface area contributed by atoms with E-state index in [0.29, 0.717) is 5.69 Å². The molecule has 0 fully saturated rings. The quantitative estimate of drug-likeness (QED) is 0.385. The van der Waals surface area contributed by atoms with Crippen LogP contribution in [0.5, 0.6) is 0 Å². The summed E-state index contributed by atoms with van der Waals surface area (Å²) in [4.78, 5) is 43.5. The van der Waals surface area contributed by atoms with Gasteiger partial charge in [-0.25, -0.2) is 9.78 Å². The number of rotatable bonds is 10. The molecule has 0 saturated carbocycles. The van der Waals surface area contributed by atoms with Gasteiger partial charge in [0.15, 0.2) is 0 Å². The number of aromatic nitrogens is 2. The Morgan fingerprint density at radius 1 is 1.10 bits per heavy atom.